The first kappa shape index (κ1) is 8.38. The summed E-state index contributed by atoms with van der Waals surface area (Å²) in [5, 5.41) is 0. The lowest BCUT2D eigenvalue weighted by Gasteiger charge is -1.97. The number of hydrogen-bond acceptors (Lipinski definition) is 2. The lowest BCUT2D eigenvalue weighted by atomic mass is 10.4. The fraction of sp³-hybridized carbons (Fsp3) is 0.100. The molecule has 0 saturated carbocycles. The quantitative estimate of drug-likeness (QED) is 0.754. The summed E-state index contributed by atoms with van der Waals surface area (Å²) in [6.07, 6.45) is 3.63. The zero-order valence-electron chi connectivity index (χ0n) is 7.10. The van der Waals surface area contributed by atoms with Crippen molar-refractivity contribution in [2.45, 2.75) is 10.6 Å². The van der Waals surface area contributed by atoms with Crippen LogP contribution in [0.1, 0.15) is 5.82 Å². The van der Waals surface area contributed by atoms with E-state index in [1.165, 1.54) is 4.90 Å². The highest BCUT2D eigenvalue weighted by molar-refractivity contribution is 7.98. The zero-order chi connectivity index (χ0) is 8.93. The molecule has 0 unspecified atom stereocenters. The lowest BCUT2D eigenvalue weighted by molar-refractivity contribution is 1.12. The van der Waals surface area contributed by atoms with Gasteiger partial charge in [0.25, 0.3) is 0 Å². The van der Waals surface area contributed by atoms with E-state index in [9.17, 15) is 0 Å². The molecule has 0 amide bonds. The van der Waals surface area contributed by atoms with Crippen LogP contribution in [0.25, 0.3) is 0 Å². The number of hydrogen-bond donors (Lipinski definition) is 1. The second-order valence-corrected chi connectivity index (χ2v) is 3.69. The molecule has 0 radical (unpaired) electrons. The molecule has 0 aliphatic rings. The minimum absolute atomic E-state index is 0.900. The molecule has 1 aromatic heterocycles. The summed E-state index contributed by atoms with van der Waals surface area (Å²) in [4.78, 5) is 8.51. The van der Waals surface area contributed by atoms with Crippen LogP contribution in [0.2, 0.25) is 0 Å². The number of nitrogens with zero attached hydrogens (tertiary/aromatic N) is 1. The Bertz CT molecular complexity index is 342. The zero-order valence-corrected chi connectivity index (χ0v) is 7.92. The van der Waals surface area contributed by atoms with Gasteiger partial charge in [0.05, 0.1) is 5.75 Å². The second kappa shape index (κ2) is 4.14. The number of benzene rings is 1. The van der Waals surface area contributed by atoms with Crippen molar-refractivity contribution < 1.29 is 0 Å². The van der Waals surface area contributed by atoms with E-state index < -0.39 is 0 Å². The van der Waals surface area contributed by atoms with Crippen molar-refractivity contribution in [3.8, 4) is 0 Å². The van der Waals surface area contributed by atoms with E-state index in [-0.39, 0.29) is 0 Å². The molecular weight excluding hydrogens is 180 g/mol. The van der Waals surface area contributed by atoms with E-state index in [1.54, 1.807) is 18.0 Å². The van der Waals surface area contributed by atoms with Gasteiger partial charge in [0.15, 0.2) is 0 Å². The molecule has 3 heteroatoms. The normalized spacial score (nSPS) is 10.2. The Hall–Kier alpha value is -1.22. The molecule has 0 atom stereocenters. The molecule has 1 aromatic carbocycles. The predicted octanol–water partition coefficient (Wildman–Crippen LogP) is 2.70. The van der Waals surface area contributed by atoms with Crippen molar-refractivity contribution >= 4 is 11.8 Å². The molecule has 2 aromatic rings. The summed E-state index contributed by atoms with van der Waals surface area (Å²) in [6, 6.07) is 10.3. The molecule has 1 N–H and O–H groups in total. The van der Waals surface area contributed by atoms with Crippen LogP contribution in [-0.4, -0.2) is 9.97 Å². The summed E-state index contributed by atoms with van der Waals surface area (Å²) < 4.78 is 0. The van der Waals surface area contributed by atoms with Crippen LogP contribution in [0.5, 0.6) is 0 Å². The average Bonchev–Trinajstić information content (AvgIpc) is 2.69. The third-order valence-electron chi connectivity index (χ3n) is 1.67. The lowest BCUT2D eigenvalue weighted by Crippen LogP contribution is -1.82. The standard InChI is InChI=1S/C10H10N2S/c1-2-4-9(5-3-1)13-8-10-11-6-7-12-10/h1-7H,8H2,(H,11,12). The smallest absolute Gasteiger partial charge is 0.116 e. The molecule has 0 saturated heterocycles. The Morgan fingerprint density at radius 1 is 1.23 bits per heavy atom. The molecule has 2 nitrogen and oxygen atoms in total. The number of rotatable bonds is 3. The first-order valence-electron chi connectivity index (χ1n) is 4.11. The average molecular weight is 190 g/mol. The Kier molecular flexibility index (Phi) is 2.67. The van der Waals surface area contributed by atoms with Crippen molar-refractivity contribution in [2.75, 3.05) is 0 Å². The van der Waals surface area contributed by atoms with Gasteiger partial charge in [0, 0.05) is 17.3 Å². The molecule has 0 aliphatic carbocycles. The summed E-state index contributed by atoms with van der Waals surface area (Å²) in [6.45, 7) is 0. The highest BCUT2D eigenvalue weighted by Crippen LogP contribution is 2.19. The van der Waals surface area contributed by atoms with Gasteiger partial charge >= 0.3 is 0 Å². The first-order chi connectivity index (χ1) is 6.45. The van der Waals surface area contributed by atoms with Gasteiger partial charge in [0.1, 0.15) is 5.82 Å². The Morgan fingerprint density at radius 3 is 2.77 bits per heavy atom. The number of H-pyrrole nitrogens is 1. The van der Waals surface area contributed by atoms with Crippen molar-refractivity contribution in [1.82, 2.24) is 9.97 Å². The van der Waals surface area contributed by atoms with Crippen LogP contribution in [0.4, 0.5) is 0 Å². The molecule has 66 valence electrons. The van der Waals surface area contributed by atoms with E-state index in [0.717, 1.165) is 11.6 Å². The molecule has 0 fully saturated rings. The molecular formula is C10H10N2S. The van der Waals surface area contributed by atoms with E-state index >= 15 is 0 Å². The van der Waals surface area contributed by atoms with Crippen LogP contribution in [0.15, 0.2) is 47.6 Å². The fourth-order valence-corrected chi connectivity index (χ4v) is 1.86. The van der Waals surface area contributed by atoms with Crippen LogP contribution >= 0.6 is 11.8 Å². The number of thioether (sulfide) groups is 1. The van der Waals surface area contributed by atoms with Gasteiger partial charge in [0.2, 0.25) is 0 Å². The summed E-state index contributed by atoms with van der Waals surface area (Å²) in [7, 11) is 0. The van der Waals surface area contributed by atoms with Gasteiger partial charge in [-0.25, -0.2) is 4.98 Å². The Morgan fingerprint density at radius 2 is 2.08 bits per heavy atom. The van der Waals surface area contributed by atoms with E-state index in [0.29, 0.717) is 0 Å². The van der Waals surface area contributed by atoms with Gasteiger partial charge in [-0.1, -0.05) is 18.2 Å². The van der Waals surface area contributed by atoms with Crippen molar-refractivity contribution in [3.05, 3.63) is 48.5 Å². The third-order valence-corrected chi connectivity index (χ3v) is 2.70. The van der Waals surface area contributed by atoms with E-state index in [4.69, 9.17) is 0 Å². The maximum atomic E-state index is 4.15. The second-order valence-electron chi connectivity index (χ2n) is 2.64. The maximum absolute atomic E-state index is 4.15. The number of aromatic amines is 1. The fourth-order valence-electron chi connectivity index (χ4n) is 1.05. The minimum atomic E-state index is 0.900. The maximum Gasteiger partial charge on any atom is 0.116 e. The summed E-state index contributed by atoms with van der Waals surface area (Å²) in [5.74, 6) is 1.92. The molecule has 1 heterocycles. The molecule has 13 heavy (non-hydrogen) atoms. The number of imidazole rings is 1. The summed E-state index contributed by atoms with van der Waals surface area (Å²) >= 11 is 1.78. The van der Waals surface area contributed by atoms with Crippen LogP contribution in [-0.2, 0) is 5.75 Å². The highest BCUT2D eigenvalue weighted by atomic mass is 32.2. The molecule has 0 aliphatic heterocycles. The van der Waals surface area contributed by atoms with Gasteiger partial charge in [-0.15, -0.1) is 11.8 Å². The van der Waals surface area contributed by atoms with Crippen molar-refractivity contribution in [2.24, 2.45) is 0 Å². The molecule has 2 rings (SSSR count). The van der Waals surface area contributed by atoms with Crippen LogP contribution < -0.4 is 0 Å². The van der Waals surface area contributed by atoms with E-state index in [1.807, 2.05) is 24.4 Å². The number of nitrogens with one attached hydrogen (secondary N) is 1. The summed E-state index contributed by atoms with van der Waals surface area (Å²) in [5.41, 5.74) is 0. The monoisotopic (exact) mass is 190 g/mol. The Labute approximate surface area is 81.4 Å². The molecule has 0 spiro atoms. The SMILES string of the molecule is c1ccc(SCc2ncc[nH]2)cc1. The number of aromatic nitrogens is 2. The van der Waals surface area contributed by atoms with Gasteiger partial charge in [-0.3, -0.25) is 0 Å². The predicted molar refractivity (Wildman–Crippen MR) is 54.6 cm³/mol. The largest absolute Gasteiger partial charge is 0.348 e. The third kappa shape index (κ3) is 2.36. The van der Waals surface area contributed by atoms with Crippen molar-refractivity contribution in [1.29, 1.82) is 0 Å². The van der Waals surface area contributed by atoms with Gasteiger partial charge < -0.3 is 4.98 Å². The highest BCUT2D eigenvalue weighted by Gasteiger charge is 1.95. The van der Waals surface area contributed by atoms with Crippen molar-refractivity contribution in [3.63, 3.8) is 0 Å². The van der Waals surface area contributed by atoms with Crippen LogP contribution in [0, 0.1) is 0 Å². The molecule has 0 bridgehead atoms. The van der Waals surface area contributed by atoms with E-state index in [2.05, 4.69) is 22.1 Å². The Balaban J connectivity index is 1.94. The topological polar surface area (TPSA) is 28.7 Å². The van der Waals surface area contributed by atoms with Crippen LogP contribution in [0.3, 0.4) is 0 Å². The first-order valence-corrected chi connectivity index (χ1v) is 5.10. The van der Waals surface area contributed by atoms with Gasteiger partial charge in [-0.05, 0) is 12.1 Å². The minimum Gasteiger partial charge on any atom is -0.348 e. The van der Waals surface area contributed by atoms with Gasteiger partial charge in [-0.2, -0.15) is 0 Å².